The lowest BCUT2D eigenvalue weighted by atomic mass is 10.2. The van der Waals surface area contributed by atoms with Crippen LogP contribution >= 0.6 is 11.3 Å². The summed E-state index contributed by atoms with van der Waals surface area (Å²) in [4.78, 5) is 16.3. The minimum absolute atomic E-state index is 0.128. The number of carbonyl (C=O) groups is 1. The van der Waals surface area contributed by atoms with Crippen molar-refractivity contribution in [1.82, 2.24) is 4.98 Å². The Labute approximate surface area is 121 Å². The van der Waals surface area contributed by atoms with E-state index in [0.29, 0.717) is 24.4 Å². The molecule has 5 heteroatoms. The van der Waals surface area contributed by atoms with E-state index in [2.05, 4.69) is 24.1 Å². The van der Waals surface area contributed by atoms with Gasteiger partial charge in [-0.3, -0.25) is 4.79 Å². The second-order valence-electron chi connectivity index (χ2n) is 4.88. The summed E-state index contributed by atoms with van der Waals surface area (Å²) in [7, 11) is 0. The van der Waals surface area contributed by atoms with Crippen molar-refractivity contribution in [2.75, 3.05) is 5.32 Å². The quantitative estimate of drug-likeness (QED) is 0.905. The van der Waals surface area contributed by atoms with Crippen molar-refractivity contribution in [3.63, 3.8) is 0 Å². The summed E-state index contributed by atoms with van der Waals surface area (Å²) in [6.45, 7) is 4.19. The molecular weight excluding hydrogens is 275 g/mol. The molecule has 2 aromatic rings. The molecule has 1 heterocycles. The molecule has 0 atom stereocenters. The molecule has 1 amide bonds. The van der Waals surface area contributed by atoms with E-state index in [0.717, 1.165) is 10.7 Å². The van der Waals surface area contributed by atoms with Crippen molar-refractivity contribution in [2.24, 2.45) is 0 Å². The molecule has 0 radical (unpaired) electrons. The van der Waals surface area contributed by atoms with Crippen LogP contribution in [-0.4, -0.2) is 10.9 Å². The lowest BCUT2D eigenvalue weighted by molar-refractivity contribution is -0.116. The van der Waals surface area contributed by atoms with Gasteiger partial charge in [0.05, 0.1) is 10.7 Å². The van der Waals surface area contributed by atoms with Crippen molar-refractivity contribution in [3.05, 3.63) is 46.2 Å². The zero-order valence-electron chi connectivity index (χ0n) is 11.5. The summed E-state index contributed by atoms with van der Waals surface area (Å²) >= 11 is 1.58. The standard InChI is InChI=1S/C15H17FN2OS/c1-10(2)13-9-20-15(18-13)7-6-14(19)17-12-5-3-4-11(16)8-12/h3-5,8-10H,6-7H2,1-2H3,(H,17,19). The maximum atomic E-state index is 13.0. The fourth-order valence-corrected chi connectivity index (χ4v) is 2.67. The molecule has 0 aliphatic carbocycles. The molecule has 0 unspecified atom stereocenters. The molecule has 106 valence electrons. The fourth-order valence-electron chi connectivity index (χ4n) is 1.72. The predicted molar refractivity (Wildman–Crippen MR) is 79.6 cm³/mol. The van der Waals surface area contributed by atoms with Crippen LogP contribution in [-0.2, 0) is 11.2 Å². The van der Waals surface area contributed by atoms with Crippen LogP contribution in [0.4, 0.5) is 10.1 Å². The summed E-state index contributed by atoms with van der Waals surface area (Å²) in [5.74, 6) is -0.0812. The van der Waals surface area contributed by atoms with Crippen LogP contribution < -0.4 is 5.32 Å². The number of hydrogen-bond acceptors (Lipinski definition) is 3. The van der Waals surface area contributed by atoms with E-state index in [1.165, 1.54) is 12.1 Å². The molecule has 0 bridgehead atoms. The number of carbonyl (C=O) groups excluding carboxylic acids is 1. The molecule has 1 aromatic carbocycles. The first-order valence-corrected chi connectivity index (χ1v) is 7.42. The fraction of sp³-hybridized carbons (Fsp3) is 0.333. The van der Waals surface area contributed by atoms with Crippen molar-refractivity contribution in [2.45, 2.75) is 32.6 Å². The van der Waals surface area contributed by atoms with Gasteiger partial charge in [0, 0.05) is 23.9 Å². The monoisotopic (exact) mass is 292 g/mol. The molecule has 20 heavy (non-hydrogen) atoms. The zero-order valence-corrected chi connectivity index (χ0v) is 12.3. The van der Waals surface area contributed by atoms with Gasteiger partial charge in [-0.15, -0.1) is 11.3 Å². The maximum absolute atomic E-state index is 13.0. The number of thiazole rings is 1. The molecule has 0 fully saturated rings. The Morgan fingerprint density at radius 3 is 2.90 bits per heavy atom. The van der Waals surface area contributed by atoms with Crippen molar-refractivity contribution in [1.29, 1.82) is 0 Å². The number of aromatic nitrogens is 1. The van der Waals surface area contributed by atoms with Gasteiger partial charge in [0.2, 0.25) is 5.91 Å². The highest BCUT2D eigenvalue weighted by molar-refractivity contribution is 7.09. The van der Waals surface area contributed by atoms with Crippen LogP contribution in [0.3, 0.4) is 0 Å². The Kier molecular flexibility index (Phi) is 4.84. The van der Waals surface area contributed by atoms with Crippen LogP contribution in [0.1, 0.15) is 36.9 Å². The van der Waals surface area contributed by atoms with E-state index in [1.807, 2.05) is 5.38 Å². The van der Waals surface area contributed by atoms with Crippen molar-refractivity contribution >= 4 is 22.9 Å². The molecule has 3 nitrogen and oxygen atoms in total. The molecule has 0 saturated carbocycles. The first-order valence-electron chi connectivity index (χ1n) is 6.54. The molecule has 2 rings (SSSR count). The number of rotatable bonds is 5. The van der Waals surface area contributed by atoms with E-state index in [-0.39, 0.29) is 11.7 Å². The average Bonchev–Trinajstić information content (AvgIpc) is 2.85. The summed E-state index contributed by atoms with van der Waals surface area (Å²) in [6.07, 6.45) is 0.958. The van der Waals surface area contributed by atoms with Crippen LogP contribution in [0, 0.1) is 5.82 Å². The largest absolute Gasteiger partial charge is 0.326 e. The number of amides is 1. The molecular formula is C15H17FN2OS. The van der Waals surface area contributed by atoms with E-state index >= 15 is 0 Å². The van der Waals surface area contributed by atoms with Crippen LogP contribution in [0.15, 0.2) is 29.6 Å². The zero-order chi connectivity index (χ0) is 14.5. The first kappa shape index (κ1) is 14.7. The minimum Gasteiger partial charge on any atom is -0.326 e. The van der Waals surface area contributed by atoms with Gasteiger partial charge in [0.25, 0.3) is 0 Å². The molecule has 0 saturated heterocycles. The van der Waals surface area contributed by atoms with Crippen LogP contribution in [0.5, 0.6) is 0 Å². The van der Waals surface area contributed by atoms with E-state index in [9.17, 15) is 9.18 Å². The van der Waals surface area contributed by atoms with Gasteiger partial charge in [-0.25, -0.2) is 9.37 Å². The molecule has 0 spiro atoms. The second kappa shape index (κ2) is 6.61. The number of hydrogen-bond donors (Lipinski definition) is 1. The molecule has 0 aliphatic heterocycles. The Morgan fingerprint density at radius 2 is 2.25 bits per heavy atom. The second-order valence-corrected chi connectivity index (χ2v) is 5.82. The first-order chi connectivity index (χ1) is 9.54. The highest BCUT2D eigenvalue weighted by atomic mass is 32.1. The molecule has 1 aromatic heterocycles. The van der Waals surface area contributed by atoms with E-state index in [1.54, 1.807) is 23.5 Å². The highest BCUT2D eigenvalue weighted by Gasteiger charge is 2.08. The normalized spacial score (nSPS) is 10.8. The Morgan fingerprint density at radius 1 is 1.45 bits per heavy atom. The molecule has 1 N–H and O–H groups in total. The number of anilines is 1. The topological polar surface area (TPSA) is 42.0 Å². The van der Waals surface area contributed by atoms with E-state index < -0.39 is 0 Å². The number of nitrogens with zero attached hydrogens (tertiary/aromatic N) is 1. The van der Waals surface area contributed by atoms with Gasteiger partial charge in [-0.1, -0.05) is 19.9 Å². The summed E-state index contributed by atoms with van der Waals surface area (Å²) < 4.78 is 13.0. The van der Waals surface area contributed by atoms with Gasteiger partial charge in [0.15, 0.2) is 0 Å². The average molecular weight is 292 g/mol. The summed E-state index contributed by atoms with van der Waals surface area (Å²) in [5, 5.41) is 5.67. The number of halogens is 1. The molecule has 0 aliphatic rings. The van der Waals surface area contributed by atoms with Gasteiger partial charge < -0.3 is 5.32 Å². The third kappa shape index (κ3) is 4.13. The van der Waals surface area contributed by atoms with Crippen LogP contribution in [0.2, 0.25) is 0 Å². The number of nitrogens with one attached hydrogen (secondary N) is 1. The third-order valence-electron chi connectivity index (χ3n) is 2.84. The lowest BCUT2D eigenvalue weighted by Crippen LogP contribution is -2.12. The lowest BCUT2D eigenvalue weighted by Gasteiger charge is -2.04. The Bertz CT molecular complexity index is 595. The van der Waals surface area contributed by atoms with Crippen LogP contribution in [0.25, 0.3) is 0 Å². The smallest absolute Gasteiger partial charge is 0.224 e. The Balaban J connectivity index is 1.85. The maximum Gasteiger partial charge on any atom is 0.224 e. The Hall–Kier alpha value is -1.75. The van der Waals surface area contributed by atoms with Crippen molar-refractivity contribution in [3.8, 4) is 0 Å². The minimum atomic E-state index is -0.357. The number of benzene rings is 1. The van der Waals surface area contributed by atoms with E-state index in [4.69, 9.17) is 0 Å². The highest BCUT2D eigenvalue weighted by Crippen LogP contribution is 2.19. The summed E-state index contributed by atoms with van der Waals surface area (Å²) in [6, 6.07) is 5.89. The summed E-state index contributed by atoms with van der Waals surface area (Å²) in [5.41, 5.74) is 1.55. The SMILES string of the molecule is CC(C)c1csc(CCC(=O)Nc2cccc(F)c2)n1. The van der Waals surface area contributed by atoms with Crippen molar-refractivity contribution < 1.29 is 9.18 Å². The van der Waals surface area contributed by atoms with Gasteiger partial charge in [-0.2, -0.15) is 0 Å². The predicted octanol–water partition coefficient (Wildman–Crippen LogP) is 3.98. The third-order valence-corrected chi connectivity index (χ3v) is 3.76. The van der Waals surface area contributed by atoms with Gasteiger partial charge in [0.1, 0.15) is 5.82 Å². The van der Waals surface area contributed by atoms with Gasteiger partial charge >= 0.3 is 0 Å². The van der Waals surface area contributed by atoms with Gasteiger partial charge in [-0.05, 0) is 24.1 Å². The number of aryl methyl sites for hydroxylation is 1.